The highest BCUT2D eigenvalue weighted by molar-refractivity contribution is 6.63. The molecule has 0 bridgehead atoms. The van der Waals surface area contributed by atoms with E-state index in [1.165, 1.54) is 0 Å². The number of carboxylic acids is 3. The van der Waals surface area contributed by atoms with Crippen LogP contribution in [-0.2, 0) is 14.4 Å². The monoisotopic (exact) mass is 310 g/mol. The summed E-state index contributed by atoms with van der Waals surface area (Å²) in [7, 11) is 0. The zero-order chi connectivity index (χ0) is 14.2. The molecule has 0 atom stereocenters. The Kier molecular flexibility index (Phi) is 9.13. The van der Waals surface area contributed by atoms with Crippen LogP contribution in [0.1, 0.15) is 12.8 Å². The van der Waals surface area contributed by atoms with Crippen LogP contribution in [0.4, 0.5) is 0 Å². The Labute approximate surface area is 111 Å². The van der Waals surface area contributed by atoms with E-state index in [4.69, 9.17) is 55.2 Å². The van der Waals surface area contributed by atoms with E-state index in [-0.39, 0.29) is 0 Å². The maximum Gasteiger partial charge on any atom is 0.336 e. The molecule has 0 spiro atoms. The van der Waals surface area contributed by atoms with Gasteiger partial charge in [-0.25, -0.2) is 4.79 Å². The molecule has 0 aromatic rings. The maximum atomic E-state index is 10.3. The number of carbonyl (C=O) groups is 3. The van der Waals surface area contributed by atoms with Crippen LogP contribution in [-0.4, -0.2) is 48.2 Å². The van der Waals surface area contributed by atoms with Crippen LogP contribution in [0.2, 0.25) is 0 Å². The van der Waals surface area contributed by atoms with E-state index in [9.17, 15) is 14.4 Å². The van der Waals surface area contributed by atoms with Crippen LogP contribution in [0.15, 0.2) is 0 Å². The van der Waals surface area contributed by atoms with Gasteiger partial charge in [0.15, 0.2) is 9.90 Å². The molecule has 0 unspecified atom stereocenters. The Bertz CT molecular complexity index is 272. The van der Waals surface area contributed by atoms with Crippen molar-refractivity contribution in [2.45, 2.75) is 22.7 Å². The highest BCUT2D eigenvalue weighted by Gasteiger charge is 2.40. The fraction of sp³-hybridized carbons (Fsp3) is 0.571. The number of rotatable bonds is 5. The molecule has 17 heavy (non-hydrogen) atoms. The first-order valence-corrected chi connectivity index (χ1v) is 5.13. The van der Waals surface area contributed by atoms with Crippen molar-refractivity contribution in [1.29, 1.82) is 0 Å². The van der Waals surface area contributed by atoms with Gasteiger partial charge in [0.1, 0.15) is 0 Å². The van der Waals surface area contributed by atoms with Gasteiger partial charge in [-0.15, -0.1) is 0 Å². The molecule has 0 saturated carbocycles. The van der Waals surface area contributed by atoms with Crippen molar-refractivity contribution in [2.75, 3.05) is 0 Å². The molecular weight excluding hydrogens is 302 g/mol. The lowest BCUT2D eigenvalue weighted by Gasteiger charge is -2.18. The predicted molar refractivity (Wildman–Crippen MR) is 58.4 cm³/mol. The van der Waals surface area contributed by atoms with Gasteiger partial charge in [0.25, 0.3) is 0 Å². The van der Waals surface area contributed by atoms with Crippen molar-refractivity contribution >= 4 is 52.7 Å². The average molecular weight is 312 g/mol. The topological polar surface area (TPSA) is 132 Å². The Morgan fingerprint density at radius 1 is 0.941 bits per heavy atom. The first-order chi connectivity index (χ1) is 7.51. The first-order valence-electron chi connectivity index (χ1n) is 3.83. The quantitative estimate of drug-likeness (QED) is 0.550. The molecular formula is C7H9Cl3O7. The molecule has 0 aliphatic heterocycles. The number of hydrogen-bond donors (Lipinski definition) is 4. The summed E-state index contributed by atoms with van der Waals surface area (Å²) in [6, 6.07) is 0. The van der Waals surface area contributed by atoms with Crippen molar-refractivity contribution in [3.8, 4) is 0 Å². The molecule has 0 amide bonds. The Balaban J connectivity index is 0. The van der Waals surface area contributed by atoms with E-state index < -0.39 is 40.6 Å². The zero-order valence-corrected chi connectivity index (χ0v) is 10.4. The summed E-state index contributed by atoms with van der Waals surface area (Å²) in [4.78, 5) is 30.5. The molecule has 0 saturated heterocycles. The van der Waals surface area contributed by atoms with E-state index in [0.717, 1.165) is 0 Å². The Morgan fingerprint density at radius 3 is 1.29 bits per heavy atom. The van der Waals surface area contributed by atoms with Crippen molar-refractivity contribution in [2.24, 2.45) is 0 Å². The van der Waals surface area contributed by atoms with Crippen LogP contribution < -0.4 is 0 Å². The normalized spacial score (nSPS) is 10.4. The zero-order valence-electron chi connectivity index (χ0n) is 8.14. The van der Waals surface area contributed by atoms with E-state index >= 15 is 0 Å². The summed E-state index contributed by atoms with van der Waals surface area (Å²) >= 11 is 14.4. The summed E-state index contributed by atoms with van der Waals surface area (Å²) in [5.41, 5.74) is -2.74. The van der Waals surface area contributed by atoms with Crippen LogP contribution in [0.5, 0.6) is 0 Å². The SMILES string of the molecule is ClC(Cl)Cl.O=C(O)CC(O)(CC(=O)O)C(=O)O. The predicted octanol–water partition coefficient (Wildman–Crippen LogP) is 0.738. The van der Waals surface area contributed by atoms with Gasteiger partial charge in [-0.05, 0) is 0 Å². The molecule has 10 heteroatoms. The van der Waals surface area contributed by atoms with E-state index in [1.807, 2.05) is 0 Å². The van der Waals surface area contributed by atoms with Gasteiger partial charge in [-0.2, -0.15) is 0 Å². The van der Waals surface area contributed by atoms with Crippen LogP contribution in [0.3, 0.4) is 0 Å². The fourth-order valence-electron chi connectivity index (χ4n) is 0.714. The summed E-state index contributed by atoms with van der Waals surface area (Å²) in [6.07, 6.45) is -2.29. The lowest BCUT2D eigenvalue weighted by Crippen LogP contribution is -2.42. The highest BCUT2D eigenvalue weighted by Crippen LogP contribution is 2.15. The van der Waals surface area contributed by atoms with Crippen LogP contribution in [0.25, 0.3) is 0 Å². The molecule has 0 aromatic carbocycles. The van der Waals surface area contributed by atoms with Gasteiger partial charge >= 0.3 is 17.9 Å². The number of aliphatic carboxylic acids is 3. The summed E-state index contributed by atoms with van der Waals surface area (Å²) < 4.78 is -0.750. The number of halogens is 3. The largest absolute Gasteiger partial charge is 0.481 e. The minimum atomic E-state index is -2.74. The second kappa shape index (κ2) is 8.35. The lowest BCUT2D eigenvalue weighted by molar-refractivity contribution is -0.170. The molecule has 0 rings (SSSR count). The van der Waals surface area contributed by atoms with Gasteiger partial charge < -0.3 is 20.4 Å². The first kappa shape index (κ1) is 18.6. The number of hydrogen-bond acceptors (Lipinski definition) is 4. The highest BCUT2D eigenvalue weighted by atomic mass is 35.6. The average Bonchev–Trinajstić information content (AvgIpc) is 1.98. The Morgan fingerprint density at radius 2 is 1.18 bits per heavy atom. The number of carboxylic acid groups (broad SMARTS) is 3. The third kappa shape index (κ3) is 11.5. The minimum Gasteiger partial charge on any atom is -0.481 e. The van der Waals surface area contributed by atoms with Crippen LogP contribution >= 0.6 is 34.8 Å². The second-order valence-corrected chi connectivity index (χ2v) is 4.70. The molecule has 4 N–H and O–H groups in total. The minimum absolute atomic E-state index is 0.750. The van der Waals surface area contributed by atoms with E-state index in [0.29, 0.717) is 0 Å². The smallest absolute Gasteiger partial charge is 0.336 e. The van der Waals surface area contributed by atoms with E-state index in [1.54, 1.807) is 0 Å². The van der Waals surface area contributed by atoms with Gasteiger partial charge in [-0.1, -0.05) is 34.8 Å². The molecule has 100 valence electrons. The van der Waals surface area contributed by atoms with Crippen molar-refractivity contribution < 1.29 is 34.8 Å². The maximum absolute atomic E-state index is 10.3. The summed E-state index contributed by atoms with van der Waals surface area (Å²) in [6.45, 7) is 0. The lowest BCUT2D eigenvalue weighted by atomic mass is 9.96. The third-order valence-corrected chi connectivity index (χ3v) is 1.29. The third-order valence-electron chi connectivity index (χ3n) is 1.29. The van der Waals surface area contributed by atoms with Crippen molar-refractivity contribution in [1.82, 2.24) is 0 Å². The molecule has 0 heterocycles. The molecule has 0 aliphatic rings. The van der Waals surface area contributed by atoms with Crippen molar-refractivity contribution in [3.63, 3.8) is 0 Å². The fourth-order valence-corrected chi connectivity index (χ4v) is 0.714. The summed E-state index contributed by atoms with van der Waals surface area (Å²) in [5.74, 6) is -5.02. The number of alkyl halides is 3. The Hall–Kier alpha value is -0.760. The second-order valence-electron chi connectivity index (χ2n) is 2.73. The molecule has 0 fully saturated rings. The van der Waals surface area contributed by atoms with Gasteiger partial charge in [-0.3, -0.25) is 9.59 Å². The number of aliphatic hydroxyl groups is 1. The van der Waals surface area contributed by atoms with E-state index in [2.05, 4.69) is 0 Å². The molecule has 7 nitrogen and oxygen atoms in total. The summed E-state index contributed by atoms with van der Waals surface area (Å²) in [5, 5.41) is 33.8. The van der Waals surface area contributed by atoms with Gasteiger partial charge in [0.05, 0.1) is 12.8 Å². The van der Waals surface area contributed by atoms with Gasteiger partial charge in [0.2, 0.25) is 0 Å². The molecule has 0 aliphatic carbocycles. The molecule has 0 aromatic heterocycles. The standard InChI is InChI=1S/C6H8O7.CHCl3/c7-3(8)1-6(13,5(11)12)2-4(9)10;2-1(3)4/h13H,1-2H2,(H,7,8)(H,9,10)(H,11,12);1H. The van der Waals surface area contributed by atoms with Gasteiger partial charge in [0, 0.05) is 0 Å². The van der Waals surface area contributed by atoms with Crippen molar-refractivity contribution in [3.05, 3.63) is 0 Å². The molecule has 0 radical (unpaired) electrons. The van der Waals surface area contributed by atoms with Crippen LogP contribution in [0, 0.1) is 0 Å².